The first-order valence-corrected chi connectivity index (χ1v) is 9.70. The third-order valence-electron chi connectivity index (χ3n) is 3.82. The predicted octanol–water partition coefficient (Wildman–Crippen LogP) is 4.91. The maximum atomic E-state index is 13.0. The van der Waals surface area contributed by atoms with Crippen molar-refractivity contribution in [1.82, 2.24) is 4.90 Å². The molecule has 5 nitrogen and oxygen atoms in total. The van der Waals surface area contributed by atoms with Crippen LogP contribution in [0.3, 0.4) is 0 Å². The number of hydrogen-bond acceptors (Lipinski definition) is 4. The molecule has 0 radical (unpaired) electrons. The predicted molar refractivity (Wildman–Crippen MR) is 111 cm³/mol. The zero-order valence-electron chi connectivity index (χ0n) is 14.4. The normalized spacial score (nSPS) is 15.2. The fourth-order valence-corrected chi connectivity index (χ4v) is 3.40. The SMILES string of the molecule is C=C(Br)C(=O)Nc1cccc(/C=C2\SC(=O)N(Cc3ccc(F)cc3)C2=O)c1. The summed E-state index contributed by atoms with van der Waals surface area (Å²) in [6.45, 7) is 3.58. The van der Waals surface area contributed by atoms with Crippen molar-refractivity contribution in [1.29, 1.82) is 0 Å². The van der Waals surface area contributed by atoms with Crippen molar-refractivity contribution < 1.29 is 18.8 Å². The van der Waals surface area contributed by atoms with Gasteiger partial charge in [0.15, 0.2) is 0 Å². The number of anilines is 1. The van der Waals surface area contributed by atoms with Crippen molar-refractivity contribution in [2.24, 2.45) is 0 Å². The highest BCUT2D eigenvalue weighted by Crippen LogP contribution is 2.33. The monoisotopic (exact) mass is 460 g/mol. The van der Waals surface area contributed by atoms with Crippen molar-refractivity contribution >= 4 is 56.5 Å². The summed E-state index contributed by atoms with van der Waals surface area (Å²) < 4.78 is 13.2. The molecule has 2 aromatic carbocycles. The quantitative estimate of drug-likeness (QED) is 0.643. The van der Waals surface area contributed by atoms with E-state index in [4.69, 9.17) is 0 Å². The smallest absolute Gasteiger partial charge is 0.293 e. The molecule has 1 aliphatic heterocycles. The molecule has 0 aliphatic carbocycles. The summed E-state index contributed by atoms with van der Waals surface area (Å²) in [6.07, 6.45) is 1.59. The van der Waals surface area contributed by atoms with E-state index >= 15 is 0 Å². The highest BCUT2D eigenvalue weighted by atomic mass is 79.9. The molecule has 28 heavy (non-hydrogen) atoms. The largest absolute Gasteiger partial charge is 0.322 e. The molecular formula is C20H14BrFN2O3S. The molecule has 0 saturated carbocycles. The van der Waals surface area contributed by atoms with Crippen LogP contribution in [0.25, 0.3) is 6.08 Å². The summed E-state index contributed by atoms with van der Waals surface area (Å²) in [7, 11) is 0. The summed E-state index contributed by atoms with van der Waals surface area (Å²) in [6, 6.07) is 12.5. The number of carbonyl (C=O) groups excluding carboxylic acids is 3. The molecule has 0 aromatic heterocycles. The molecule has 0 atom stereocenters. The zero-order valence-corrected chi connectivity index (χ0v) is 16.8. The average Bonchev–Trinajstić information content (AvgIpc) is 2.91. The summed E-state index contributed by atoms with van der Waals surface area (Å²) in [5.41, 5.74) is 1.85. The van der Waals surface area contributed by atoms with Crippen LogP contribution in [0.5, 0.6) is 0 Å². The number of amides is 3. The Balaban J connectivity index is 1.77. The topological polar surface area (TPSA) is 66.5 Å². The molecule has 1 heterocycles. The van der Waals surface area contributed by atoms with Gasteiger partial charge in [-0.05, 0) is 69.2 Å². The maximum absolute atomic E-state index is 13.0. The van der Waals surface area contributed by atoms with E-state index in [9.17, 15) is 18.8 Å². The lowest BCUT2D eigenvalue weighted by Gasteiger charge is -2.12. The number of halogens is 2. The summed E-state index contributed by atoms with van der Waals surface area (Å²) in [4.78, 5) is 37.9. The Labute approximate surface area is 173 Å². The van der Waals surface area contributed by atoms with Gasteiger partial charge in [-0.2, -0.15) is 0 Å². The van der Waals surface area contributed by atoms with E-state index in [1.807, 2.05) is 0 Å². The first-order chi connectivity index (χ1) is 13.3. The summed E-state index contributed by atoms with van der Waals surface area (Å²) >= 11 is 3.85. The molecule has 8 heteroatoms. The van der Waals surface area contributed by atoms with Gasteiger partial charge in [-0.15, -0.1) is 0 Å². The Morgan fingerprint density at radius 3 is 2.61 bits per heavy atom. The minimum atomic E-state index is -0.414. The van der Waals surface area contributed by atoms with Crippen LogP contribution in [-0.4, -0.2) is 22.0 Å². The molecule has 2 aromatic rings. The number of imide groups is 1. The third-order valence-corrected chi connectivity index (χ3v) is 5.08. The number of thioether (sulfide) groups is 1. The van der Waals surface area contributed by atoms with Gasteiger partial charge in [-0.1, -0.05) is 30.8 Å². The van der Waals surface area contributed by atoms with E-state index in [2.05, 4.69) is 27.8 Å². The van der Waals surface area contributed by atoms with Gasteiger partial charge in [0, 0.05) is 5.69 Å². The van der Waals surface area contributed by atoms with Crippen molar-refractivity contribution in [2.45, 2.75) is 6.54 Å². The minimum absolute atomic E-state index is 0.0751. The molecule has 142 valence electrons. The molecule has 1 aliphatic rings. The van der Waals surface area contributed by atoms with Crippen molar-refractivity contribution in [3.8, 4) is 0 Å². The average molecular weight is 461 g/mol. The molecule has 0 spiro atoms. The van der Waals surface area contributed by atoms with Crippen molar-refractivity contribution in [2.75, 3.05) is 5.32 Å². The third kappa shape index (κ3) is 4.76. The highest BCUT2D eigenvalue weighted by Gasteiger charge is 2.34. The van der Waals surface area contributed by atoms with Gasteiger partial charge in [-0.25, -0.2) is 4.39 Å². The Morgan fingerprint density at radius 1 is 1.21 bits per heavy atom. The van der Waals surface area contributed by atoms with E-state index in [-0.39, 0.29) is 32.9 Å². The second kappa shape index (κ2) is 8.53. The van der Waals surface area contributed by atoms with Crippen LogP contribution in [0.2, 0.25) is 0 Å². The van der Waals surface area contributed by atoms with E-state index in [1.54, 1.807) is 30.3 Å². The Morgan fingerprint density at radius 2 is 1.93 bits per heavy atom. The number of nitrogens with zero attached hydrogens (tertiary/aromatic N) is 1. The summed E-state index contributed by atoms with van der Waals surface area (Å²) in [5, 5.41) is 2.27. The Kier molecular flexibility index (Phi) is 6.11. The second-order valence-electron chi connectivity index (χ2n) is 5.88. The van der Waals surface area contributed by atoms with Gasteiger partial charge in [0.1, 0.15) is 5.82 Å². The first kappa shape index (κ1) is 20.0. The van der Waals surface area contributed by atoms with Crippen molar-refractivity contribution in [3.05, 3.63) is 81.4 Å². The fraction of sp³-hybridized carbons (Fsp3) is 0.0500. The van der Waals surface area contributed by atoms with E-state index < -0.39 is 5.91 Å². The molecule has 1 saturated heterocycles. The van der Waals surface area contributed by atoms with Gasteiger partial charge in [0.25, 0.3) is 17.1 Å². The zero-order chi connectivity index (χ0) is 20.3. The second-order valence-corrected chi connectivity index (χ2v) is 7.83. The maximum Gasteiger partial charge on any atom is 0.293 e. The van der Waals surface area contributed by atoms with Crippen LogP contribution in [0, 0.1) is 5.82 Å². The van der Waals surface area contributed by atoms with E-state index in [1.165, 1.54) is 24.3 Å². The molecule has 0 bridgehead atoms. The van der Waals surface area contributed by atoms with Gasteiger partial charge in [0.2, 0.25) is 0 Å². The van der Waals surface area contributed by atoms with Gasteiger partial charge in [-0.3, -0.25) is 19.3 Å². The van der Waals surface area contributed by atoms with Gasteiger partial charge >= 0.3 is 0 Å². The first-order valence-electron chi connectivity index (χ1n) is 8.09. The standard InChI is InChI=1S/C20H14BrFN2O3S/c1-12(21)18(25)23-16-4-2-3-14(9-16)10-17-19(26)24(20(27)28-17)11-13-5-7-15(22)8-6-13/h2-10H,1,11H2,(H,23,25)/b17-10-. The Bertz CT molecular complexity index is 1000. The lowest BCUT2D eigenvalue weighted by Crippen LogP contribution is -2.27. The Hall–Kier alpha value is -2.71. The van der Waals surface area contributed by atoms with Crippen LogP contribution < -0.4 is 5.32 Å². The van der Waals surface area contributed by atoms with Crippen molar-refractivity contribution in [3.63, 3.8) is 0 Å². The number of carbonyl (C=O) groups is 3. The van der Waals surface area contributed by atoms with Crippen LogP contribution in [-0.2, 0) is 16.1 Å². The van der Waals surface area contributed by atoms with Gasteiger partial charge in [0.05, 0.1) is 15.9 Å². The van der Waals surface area contributed by atoms with Crippen LogP contribution in [0.1, 0.15) is 11.1 Å². The van der Waals surface area contributed by atoms with Gasteiger partial charge < -0.3 is 5.32 Å². The van der Waals surface area contributed by atoms with Crippen LogP contribution in [0.15, 0.2) is 64.5 Å². The molecular weight excluding hydrogens is 447 g/mol. The lowest BCUT2D eigenvalue weighted by molar-refractivity contribution is -0.123. The molecule has 0 unspecified atom stereocenters. The van der Waals surface area contributed by atoms with Crippen LogP contribution in [0.4, 0.5) is 14.9 Å². The van der Waals surface area contributed by atoms with E-state index in [0.717, 1.165) is 16.7 Å². The summed E-state index contributed by atoms with van der Waals surface area (Å²) in [5.74, 6) is -1.17. The highest BCUT2D eigenvalue weighted by molar-refractivity contribution is 9.12. The molecule has 3 rings (SSSR count). The minimum Gasteiger partial charge on any atom is -0.322 e. The number of nitrogens with one attached hydrogen (secondary N) is 1. The number of rotatable bonds is 5. The molecule has 1 fully saturated rings. The lowest BCUT2D eigenvalue weighted by atomic mass is 10.1. The number of benzene rings is 2. The van der Waals surface area contributed by atoms with E-state index in [0.29, 0.717) is 16.8 Å². The molecule has 3 amide bonds. The molecule has 1 N–H and O–H groups in total. The fourth-order valence-electron chi connectivity index (χ4n) is 2.47. The number of hydrogen-bond donors (Lipinski definition) is 1. The van der Waals surface area contributed by atoms with Crippen LogP contribution >= 0.6 is 27.7 Å².